The van der Waals surface area contributed by atoms with Gasteiger partial charge in [0.2, 0.25) is 0 Å². The SMILES string of the molecule is O=C(O)[C@@H]1C[C@H](OS(=O)(=O)c2ccc(Br)cc2)CN1C(=O)O. The van der Waals surface area contributed by atoms with Crippen LogP contribution in [0.5, 0.6) is 0 Å². The lowest BCUT2D eigenvalue weighted by atomic mass is 10.2. The number of hydrogen-bond donors (Lipinski definition) is 2. The van der Waals surface area contributed by atoms with Crippen molar-refractivity contribution in [2.45, 2.75) is 23.5 Å². The van der Waals surface area contributed by atoms with Crippen molar-refractivity contribution < 1.29 is 32.4 Å². The maximum absolute atomic E-state index is 12.1. The van der Waals surface area contributed by atoms with E-state index in [-0.39, 0.29) is 17.9 Å². The number of nitrogens with zero attached hydrogens (tertiary/aromatic N) is 1. The molecular formula is C12H12BrNO7S. The van der Waals surface area contributed by atoms with Gasteiger partial charge in [0, 0.05) is 10.9 Å². The molecule has 22 heavy (non-hydrogen) atoms. The largest absolute Gasteiger partial charge is 0.480 e. The standard InChI is InChI=1S/C12H12BrNO7S/c13-7-1-3-9(4-2-7)22(19,20)21-8-5-10(11(15)16)14(6-8)12(17)18/h1-4,8,10H,5-6H2,(H,15,16)(H,17,18)/t8-,10-/m0/s1. The third-order valence-electron chi connectivity index (χ3n) is 3.16. The molecule has 0 unspecified atom stereocenters. The molecule has 1 aliphatic rings. The van der Waals surface area contributed by atoms with Crippen LogP contribution in [0.15, 0.2) is 33.6 Å². The number of aliphatic carboxylic acids is 1. The van der Waals surface area contributed by atoms with Gasteiger partial charge in [-0.3, -0.25) is 9.08 Å². The molecule has 0 aromatic heterocycles. The van der Waals surface area contributed by atoms with Gasteiger partial charge in [0.15, 0.2) is 0 Å². The van der Waals surface area contributed by atoms with Crippen LogP contribution in [0.1, 0.15) is 6.42 Å². The highest BCUT2D eigenvalue weighted by Gasteiger charge is 2.42. The first-order valence-corrected chi connectivity index (χ1v) is 8.32. The molecule has 1 aliphatic heterocycles. The summed E-state index contributed by atoms with van der Waals surface area (Å²) in [6, 6.07) is 4.39. The molecule has 2 rings (SSSR count). The van der Waals surface area contributed by atoms with Gasteiger partial charge in [-0.05, 0) is 24.3 Å². The normalized spacial score (nSPS) is 21.8. The number of rotatable bonds is 4. The minimum absolute atomic E-state index is 0.0867. The van der Waals surface area contributed by atoms with Crippen molar-refractivity contribution in [1.82, 2.24) is 4.90 Å². The first-order valence-electron chi connectivity index (χ1n) is 6.12. The van der Waals surface area contributed by atoms with Gasteiger partial charge in [-0.2, -0.15) is 8.42 Å². The van der Waals surface area contributed by atoms with E-state index in [1.807, 2.05) is 0 Å². The molecule has 1 saturated heterocycles. The van der Waals surface area contributed by atoms with Crippen LogP contribution in [0, 0.1) is 0 Å². The van der Waals surface area contributed by atoms with Crippen molar-refractivity contribution in [3.8, 4) is 0 Å². The van der Waals surface area contributed by atoms with Gasteiger partial charge in [0.1, 0.15) is 6.04 Å². The van der Waals surface area contributed by atoms with Crippen molar-refractivity contribution >= 4 is 38.1 Å². The Hall–Kier alpha value is -1.65. The molecule has 1 aromatic rings. The summed E-state index contributed by atoms with van der Waals surface area (Å²) in [4.78, 5) is 22.6. The molecule has 2 N–H and O–H groups in total. The topological polar surface area (TPSA) is 121 Å². The molecule has 8 nitrogen and oxygen atoms in total. The lowest BCUT2D eigenvalue weighted by Gasteiger charge is -2.16. The zero-order valence-corrected chi connectivity index (χ0v) is 13.4. The van der Waals surface area contributed by atoms with Crippen LogP contribution >= 0.6 is 15.9 Å². The second kappa shape index (κ2) is 6.23. The first-order chi connectivity index (χ1) is 10.2. The summed E-state index contributed by atoms with van der Waals surface area (Å²) in [6.07, 6.45) is -2.69. The monoisotopic (exact) mass is 393 g/mol. The summed E-state index contributed by atoms with van der Waals surface area (Å²) in [5.74, 6) is -1.34. The average molecular weight is 394 g/mol. The Balaban J connectivity index is 2.15. The summed E-state index contributed by atoms with van der Waals surface area (Å²) in [7, 11) is -4.09. The van der Waals surface area contributed by atoms with Gasteiger partial charge >= 0.3 is 12.1 Å². The minimum Gasteiger partial charge on any atom is -0.480 e. The summed E-state index contributed by atoms with van der Waals surface area (Å²) < 4.78 is 29.9. The molecule has 0 saturated carbocycles. The molecule has 0 aliphatic carbocycles. The molecule has 120 valence electrons. The minimum atomic E-state index is -4.09. The van der Waals surface area contributed by atoms with Crippen molar-refractivity contribution in [2.24, 2.45) is 0 Å². The lowest BCUT2D eigenvalue weighted by molar-refractivity contribution is -0.141. The maximum atomic E-state index is 12.1. The Morgan fingerprint density at radius 2 is 1.82 bits per heavy atom. The number of amides is 1. The highest BCUT2D eigenvalue weighted by molar-refractivity contribution is 9.10. The van der Waals surface area contributed by atoms with Gasteiger partial charge < -0.3 is 10.2 Å². The predicted molar refractivity (Wildman–Crippen MR) is 77.0 cm³/mol. The Labute approximate surface area is 134 Å². The van der Waals surface area contributed by atoms with Crippen LogP contribution in [-0.2, 0) is 19.1 Å². The molecule has 0 bridgehead atoms. The Bertz CT molecular complexity index is 666. The smallest absolute Gasteiger partial charge is 0.408 e. The number of carboxylic acid groups (broad SMARTS) is 2. The van der Waals surface area contributed by atoms with Crippen LogP contribution in [0.2, 0.25) is 0 Å². The molecule has 1 heterocycles. The summed E-state index contributed by atoms with van der Waals surface area (Å²) in [6.45, 7) is -0.317. The maximum Gasteiger partial charge on any atom is 0.408 e. The van der Waals surface area contributed by atoms with E-state index in [0.717, 1.165) is 0 Å². The second-order valence-electron chi connectivity index (χ2n) is 4.65. The van der Waals surface area contributed by atoms with Crippen molar-refractivity contribution in [3.05, 3.63) is 28.7 Å². The van der Waals surface area contributed by atoms with Gasteiger partial charge in [-0.25, -0.2) is 9.59 Å². The fourth-order valence-corrected chi connectivity index (χ4v) is 3.49. The van der Waals surface area contributed by atoms with Gasteiger partial charge in [-0.15, -0.1) is 0 Å². The predicted octanol–water partition coefficient (Wildman–Crippen LogP) is 1.36. The van der Waals surface area contributed by atoms with E-state index in [1.165, 1.54) is 24.3 Å². The Morgan fingerprint density at radius 1 is 1.23 bits per heavy atom. The molecule has 1 amide bonds. The summed E-state index contributed by atoms with van der Waals surface area (Å²) >= 11 is 3.18. The van der Waals surface area contributed by atoms with E-state index in [0.29, 0.717) is 9.37 Å². The molecule has 1 fully saturated rings. The fraction of sp³-hybridized carbons (Fsp3) is 0.333. The van der Waals surface area contributed by atoms with Gasteiger partial charge in [0.25, 0.3) is 10.1 Å². The van der Waals surface area contributed by atoms with Crippen LogP contribution < -0.4 is 0 Å². The lowest BCUT2D eigenvalue weighted by Crippen LogP contribution is -2.39. The third-order valence-corrected chi connectivity index (χ3v) is 5.06. The van der Waals surface area contributed by atoms with Crippen molar-refractivity contribution in [1.29, 1.82) is 0 Å². The van der Waals surface area contributed by atoms with E-state index in [9.17, 15) is 18.0 Å². The number of carboxylic acids is 1. The molecule has 0 spiro atoms. The zero-order valence-electron chi connectivity index (χ0n) is 11.0. The Morgan fingerprint density at radius 3 is 2.27 bits per heavy atom. The van der Waals surface area contributed by atoms with E-state index in [4.69, 9.17) is 14.4 Å². The van der Waals surface area contributed by atoms with Gasteiger partial charge in [-0.1, -0.05) is 15.9 Å². The van der Waals surface area contributed by atoms with E-state index < -0.39 is 34.3 Å². The number of hydrogen-bond acceptors (Lipinski definition) is 5. The van der Waals surface area contributed by atoms with E-state index in [2.05, 4.69) is 15.9 Å². The highest BCUT2D eigenvalue weighted by atomic mass is 79.9. The summed E-state index contributed by atoms with van der Waals surface area (Å²) in [5, 5.41) is 17.9. The first kappa shape index (κ1) is 16.7. The number of benzene rings is 1. The van der Waals surface area contributed by atoms with Crippen LogP contribution in [0.25, 0.3) is 0 Å². The molecule has 2 atom stereocenters. The zero-order chi connectivity index (χ0) is 16.5. The van der Waals surface area contributed by atoms with E-state index in [1.54, 1.807) is 0 Å². The molecule has 10 heteroatoms. The molecule has 1 aromatic carbocycles. The van der Waals surface area contributed by atoms with Gasteiger partial charge in [0.05, 0.1) is 17.5 Å². The molecule has 0 radical (unpaired) electrons. The van der Waals surface area contributed by atoms with Crippen LogP contribution in [-0.4, -0.2) is 54.3 Å². The summed E-state index contributed by atoms with van der Waals surface area (Å²) in [5.41, 5.74) is 0. The van der Waals surface area contributed by atoms with E-state index >= 15 is 0 Å². The highest BCUT2D eigenvalue weighted by Crippen LogP contribution is 2.25. The number of likely N-dealkylation sites (tertiary alicyclic amines) is 1. The number of carbonyl (C=O) groups is 2. The van der Waals surface area contributed by atoms with Crippen LogP contribution in [0.4, 0.5) is 4.79 Å². The van der Waals surface area contributed by atoms with Crippen molar-refractivity contribution in [2.75, 3.05) is 6.54 Å². The third kappa shape index (κ3) is 3.57. The average Bonchev–Trinajstić information content (AvgIpc) is 2.82. The fourth-order valence-electron chi connectivity index (χ4n) is 2.15. The number of halogens is 1. The molecular weight excluding hydrogens is 382 g/mol. The second-order valence-corrected chi connectivity index (χ2v) is 7.14. The quantitative estimate of drug-likeness (QED) is 0.740. The Kier molecular flexibility index (Phi) is 4.73. The van der Waals surface area contributed by atoms with Crippen LogP contribution in [0.3, 0.4) is 0 Å². The van der Waals surface area contributed by atoms with Crippen molar-refractivity contribution in [3.63, 3.8) is 0 Å².